The number of hydrogen-bond donors (Lipinski definition) is 2. The first-order valence-corrected chi connectivity index (χ1v) is 5.42. The van der Waals surface area contributed by atoms with Crippen LogP contribution < -0.4 is 10.6 Å². The number of nitrogens with one attached hydrogen (secondary N) is 2. The average molecular weight is 237 g/mol. The third kappa shape index (κ3) is 6.71. The van der Waals surface area contributed by atoms with Crippen molar-refractivity contribution in [3.8, 4) is 0 Å². The van der Waals surface area contributed by atoms with Crippen molar-refractivity contribution in [1.29, 1.82) is 0 Å². The molecule has 0 aromatic rings. The van der Waals surface area contributed by atoms with E-state index in [1.165, 1.54) is 0 Å². The number of amides is 1. The predicted octanol–water partition coefficient (Wildman–Crippen LogP) is 0.703. The molecule has 0 saturated carbocycles. The van der Waals surface area contributed by atoms with E-state index < -0.39 is 0 Å². The Hall–Kier alpha value is -0.320. The van der Waals surface area contributed by atoms with E-state index in [4.69, 9.17) is 4.74 Å². The minimum atomic E-state index is 0. The Morgan fingerprint density at radius 3 is 2.93 bits per heavy atom. The summed E-state index contributed by atoms with van der Waals surface area (Å²) in [5, 5.41) is 5.91. The SMILES string of the molecule is CCCNC(=O)CNCC1CCCO1.Cl. The van der Waals surface area contributed by atoms with Gasteiger partial charge in [-0.1, -0.05) is 6.92 Å². The molecule has 15 heavy (non-hydrogen) atoms. The Bertz CT molecular complexity index is 173. The highest BCUT2D eigenvalue weighted by atomic mass is 35.5. The molecule has 90 valence electrons. The highest BCUT2D eigenvalue weighted by molar-refractivity contribution is 5.85. The number of carbonyl (C=O) groups is 1. The Kier molecular flexibility index (Phi) is 8.76. The third-order valence-corrected chi connectivity index (χ3v) is 2.25. The van der Waals surface area contributed by atoms with Crippen LogP contribution in [0.5, 0.6) is 0 Å². The summed E-state index contributed by atoms with van der Waals surface area (Å²) >= 11 is 0. The molecule has 1 saturated heterocycles. The molecule has 0 radical (unpaired) electrons. The molecule has 1 rings (SSSR count). The highest BCUT2D eigenvalue weighted by Gasteiger charge is 2.14. The molecule has 0 bridgehead atoms. The van der Waals surface area contributed by atoms with Crippen molar-refractivity contribution in [2.24, 2.45) is 0 Å². The van der Waals surface area contributed by atoms with Crippen molar-refractivity contribution in [2.75, 3.05) is 26.2 Å². The van der Waals surface area contributed by atoms with E-state index in [2.05, 4.69) is 10.6 Å². The summed E-state index contributed by atoms with van der Waals surface area (Å²) in [6, 6.07) is 0. The topological polar surface area (TPSA) is 50.4 Å². The van der Waals surface area contributed by atoms with Crippen LogP contribution in [0.3, 0.4) is 0 Å². The molecule has 4 nitrogen and oxygen atoms in total. The molecular formula is C10H21ClN2O2. The fraction of sp³-hybridized carbons (Fsp3) is 0.900. The Morgan fingerprint density at radius 1 is 1.53 bits per heavy atom. The summed E-state index contributed by atoms with van der Waals surface area (Å²) < 4.78 is 5.42. The van der Waals surface area contributed by atoms with Gasteiger partial charge in [0, 0.05) is 19.7 Å². The number of ether oxygens (including phenoxy) is 1. The van der Waals surface area contributed by atoms with Gasteiger partial charge < -0.3 is 15.4 Å². The van der Waals surface area contributed by atoms with Crippen molar-refractivity contribution < 1.29 is 9.53 Å². The predicted molar refractivity (Wildman–Crippen MR) is 62.4 cm³/mol. The summed E-state index contributed by atoms with van der Waals surface area (Å²) in [6.07, 6.45) is 3.56. The molecular weight excluding hydrogens is 216 g/mol. The van der Waals surface area contributed by atoms with E-state index in [0.29, 0.717) is 12.6 Å². The van der Waals surface area contributed by atoms with Gasteiger partial charge in [0.2, 0.25) is 5.91 Å². The summed E-state index contributed by atoms with van der Waals surface area (Å²) in [4.78, 5) is 11.2. The Labute approximate surface area is 97.5 Å². The molecule has 1 aliphatic heterocycles. The van der Waals surface area contributed by atoms with Crippen LogP contribution in [0.15, 0.2) is 0 Å². The van der Waals surface area contributed by atoms with Crippen LogP contribution in [-0.2, 0) is 9.53 Å². The van der Waals surface area contributed by atoms with Crippen LogP contribution in [0.25, 0.3) is 0 Å². The smallest absolute Gasteiger partial charge is 0.233 e. The van der Waals surface area contributed by atoms with Gasteiger partial charge in [-0.25, -0.2) is 0 Å². The minimum Gasteiger partial charge on any atom is -0.377 e. The molecule has 2 N–H and O–H groups in total. The van der Waals surface area contributed by atoms with Gasteiger partial charge in [0.15, 0.2) is 0 Å². The zero-order valence-electron chi connectivity index (χ0n) is 9.25. The second kappa shape index (κ2) is 8.95. The molecule has 1 fully saturated rings. The summed E-state index contributed by atoms with van der Waals surface area (Å²) in [7, 11) is 0. The van der Waals surface area contributed by atoms with Crippen LogP contribution in [-0.4, -0.2) is 38.3 Å². The normalized spacial score (nSPS) is 19.7. The van der Waals surface area contributed by atoms with Crippen LogP contribution >= 0.6 is 12.4 Å². The number of hydrogen-bond acceptors (Lipinski definition) is 3. The van der Waals surface area contributed by atoms with Gasteiger partial charge in [-0.05, 0) is 19.3 Å². The van der Waals surface area contributed by atoms with E-state index in [1.807, 2.05) is 6.92 Å². The van der Waals surface area contributed by atoms with Crippen LogP contribution in [0.1, 0.15) is 26.2 Å². The van der Waals surface area contributed by atoms with Gasteiger partial charge in [-0.2, -0.15) is 0 Å². The molecule has 1 unspecified atom stereocenters. The first kappa shape index (κ1) is 14.7. The molecule has 0 aliphatic carbocycles. The van der Waals surface area contributed by atoms with E-state index in [9.17, 15) is 4.79 Å². The maximum atomic E-state index is 11.2. The Balaban J connectivity index is 0.00000196. The highest BCUT2D eigenvalue weighted by Crippen LogP contribution is 2.10. The lowest BCUT2D eigenvalue weighted by Crippen LogP contribution is -2.37. The zero-order chi connectivity index (χ0) is 10.2. The molecule has 1 amide bonds. The lowest BCUT2D eigenvalue weighted by molar-refractivity contribution is -0.120. The Morgan fingerprint density at radius 2 is 2.33 bits per heavy atom. The standard InChI is InChI=1S/C10H20N2O2.ClH/c1-2-5-12-10(13)8-11-7-9-4-3-6-14-9;/h9,11H,2-8H2,1H3,(H,12,13);1H. The molecule has 0 spiro atoms. The minimum absolute atomic E-state index is 0. The number of carbonyl (C=O) groups excluding carboxylic acids is 1. The molecule has 5 heteroatoms. The summed E-state index contributed by atoms with van der Waals surface area (Å²) in [5.41, 5.74) is 0. The molecule has 1 aliphatic rings. The lowest BCUT2D eigenvalue weighted by Gasteiger charge is -2.10. The van der Waals surface area contributed by atoms with Crippen molar-refractivity contribution in [2.45, 2.75) is 32.3 Å². The number of halogens is 1. The third-order valence-electron chi connectivity index (χ3n) is 2.25. The quantitative estimate of drug-likeness (QED) is 0.714. The van der Waals surface area contributed by atoms with Gasteiger partial charge in [-0.3, -0.25) is 4.79 Å². The second-order valence-electron chi connectivity index (χ2n) is 3.62. The van der Waals surface area contributed by atoms with Crippen LogP contribution in [0, 0.1) is 0 Å². The summed E-state index contributed by atoms with van der Waals surface area (Å²) in [5.74, 6) is 0.0739. The first-order valence-electron chi connectivity index (χ1n) is 5.42. The van der Waals surface area contributed by atoms with E-state index in [0.717, 1.165) is 39.0 Å². The average Bonchev–Trinajstić information content (AvgIpc) is 2.67. The monoisotopic (exact) mass is 236 g/mol. The maximum Gasteiger partial charge on any atom is 0.233 e. The van der Waals surface area contributed by atoms with Crippen molar-refractivity contribution >= 4 is 18.3 Å². The molecule has 1 atom stereocenters. The summed E-state index contributed by atoms with van der Waals surface area (Å²) in [6.45, 7) is 4.87. The maximum absolute atomic E-state index is 11.2. The van der Waals surface area contributed by atoms with Gasteiger partial charge in [0.25, 0.3) is 0 Å². The van der Waals surface area contributed by atoms with Crippen molar-refractivity contribution in [3.05, 3.63) is 0 Å². The van der Waals surface area contributed by atoms with E-state index >= 15 is 0 Å². The molecule has 0 aromatic carbocycles. The van der Waals surface area contributed by atoms with Crippen molar-refractivity contribution in [1.82, 2.24) is 10.6 Å². The second-order valence-corrected chi connectivity index (χ2v) is 3.62. The van der Waals surface area contributed by atoms with Gasteiger partial charge in [0.05, 0.1) is 12.6 Å². The zero-order valence-corrected chi connectivity index (χ0v) is 10.1. The fourth-order valence-electron chi connectivity index (χ4n) is 1.48. The first-order chi connectivity index (χ1) is 6.83. The van der Waals surface area contributed by atoms with Gasteiger partial charge in [0.1, 0.15) is 0 Å². The van der Waals surface area contributed by atoms with Crippen molar-refractivity contribution in [3.63, 3.8) is 0 Å². The largest absolute Gasteiger partial charge is 0.377 e. The van der Waals surface area contributed by atoms with E-state index in [-0.39, 0.29) is 18.3 Å². The van der Waals surface area contributed by atoms with Gasteiger partial charge in [-0.15, -0.1) is 12.4 Å². The van der Waals surface area contributed by atoms with E-state index in [1.54, 1.807) is 0 Å². The molecule has 1 heterocycles. The fourth-order valence-corrected chi connectivity index (χ4v) is 1.48. The molecule has 0 aromatic heterocycles. The lowest BCUT2D eigenvalue weighted by atomic mass is 10.2. The van der Waals surface area contributed by atoms with Crippen LogP contribution in [0.4, 0.5) is 0 Å². The van der Waals surface area contributed by atoms with Crippen LogP contribution in [0.2, 0.25) is 0 Å². The number of rotatable bonds is 6. The van der Waals surface area contributed by atoms with Gasteiger partial charge >= 0.3 is 0 Å².